The lowest BCUT2D eigenvalue weighted by Gasteiger charge is -2.34. The summed E-state index contributed by atoms with van der Waals surface area (Å²) < 4.78 is 2.76. The fourth-order valence-corrected chi connectivity index (χ4v) is 6.59. The Hall–Kier alpha value is -3.24. The standard InChI is InChI=1S/C29H35ClN6O3S/c1-3-4-5-6-7-8-9-12-31-27(39)24-25(38)21-18-32-29(35-15-13-34(14-16-35)19(2)37)33-26(21)36-22-17-20(30)10-11-23(22)40-28(24)36/h10-11,17-18H,3-9,12-16H2,1-2H3,(H,31,39). The van der Waals surface area contributed by atoms with E-state index in [2.05, 4.69) is 17.2 Å². The molecule has 5 rings (SSSR count). The molecular weight excluding hydrogens is 548 g/mol. The van der Waals surface area contributed by atoms with Crippen molar-refractivity contribution in [1.82, 2.24) is 24.6 Å². The van der Waals surface area contributed by atoms with E-state index in [-0.39, 0.29) is 28.2 Å². The molecule has 1 aliphatic rings. The lowest BCUT2D eigenvalue weighted by Crippen LogP contribution is -2.48. The number of aromatic nitrogens is 3. The summed E-state index contributed by atoms with van der Waals surface area (Å²) in [5.41, 5.74) is 0.956. The van der Waals surface area contributed by atoms with Crippen LogP contribution in [0.4, 0.5) is 5.95 Å². The first-order valence-electron chi connectivity index (χ1n) is 14.1. The number of carbonyl (C=O) groups is 2. The molecule has 4 heterocycles. The van der Waals surface area contributed by atoms with Crippen molar-refractivity contribution in [3.63, 3.8) is 0 Å². The molecule has 0 bridgehead atoms. The summed E-state index contributed by atoms with van der Waals surface area (Å²) in [6.07, 6.45) is 9.55. The van der Waals surface area contributed by atoms with E-state index in [1.54, 1.807) is 17.9 Å². The number of hydrogen-bond donors (Lipinski definition) is 1. The number of amides is 2. The third-order valence-electron chi connectivity index (χ3n) is 7.53. The van der Waals surface area contributed by atoms with Gasteiger partial charge in [0.2, 0.25) is 17.3 Å². The number of halogens is 1. The van der Waals surface area contributed by atoms with Gasteiger partial charge in [0.1, 0.15) is 10.4 Å². The zero-order chi connectivity index (χ0) is 28.2. The number of nitrogens with zero attached hydrogens (tertiary/aromatic N) is 5. The Bertz CT molecular complexity index is 1610. The third-order valence-corrected chi connectivity index (χ3v) is 8.91. The fraction of sp³-hybridized carbons (Fsp3) is 0.483. The molecule has 3 aromatic heterocycles. The second kappa shape index (κ2) is 12.5. The Labute approximate surface area is 242 Å². The SMILES string of the molecule is CCCCCCCCCNC(=O)c1c(=O)c2cnc(N3CCN(C(C)=O)CC3)nc2n2c1sc1ccc(Cl)cc12. The van der Waals surface area contributed by atoms with Gasteiger partial charge in [-0.15, -0.1) is 11.3 Å². The number of rotatable bonds is 10. The molecule has 0 saturated carbocycles. The Morgan fingerprint density at radius 2 is 1.77 bits per heavy atom. The van der Waals surface area contributed by atoms with E-state index in [1.807, 2.05) is 21.4 Å². The summed E-state index contributed by atoms with van der Waals surface area (Å²) in [5.74, 6) is 0.158. The van der Waals surface area contributed by atoms with E-state index in [4.69, 9.17) is 16.6 Å². The molecule has 0 radical (unpaired) electrons. The molecule has 0 unspecified atom stereocenters. The average molecular weight is 583 g/mol. The van der Waals surface area contributed by atoms with Crippen LogP contribution in [0.1, 0.15) is 69.2 Å². The monoisotopic (exact) mass is 582 g/mol. The van der Waals surface area contributed by atoms with E-state index in [0.717, 1.165) is 29.5 Å². The number of carbonyl (C=O) groups excluding carboxylic acids is 2. The Morgan fingerprint density at radius 1 is 1.05 bits per heavy atom. The number of piperazine rings is 1. The van der Waals surface area contributed by atoms with Gasteiger partial charge in [-0.1, -0.05) is 57.0 Å². The number of hydrogen-bond acceptors (Lipinski definition) is 7. The second-order valence-corrected chi connectivity index (χ2v) is 11.8. The summed E-state index contributed by atoms with van der Waals surface area (Å²) in [5, 5.41) is 3.81. The number of pyridine rings is 1. The lowest BCUT2D eigenvalue weighted by atomic mass is 10.1. The van der Waals surface area contributed by atoms with Crippen LogP contribution in [-0.2, 0) is 4.79 Å². The topological polar surface area (TPSA) is 99.9 Å². The second-order valence-electron chi connectivity index (χ2n) is 10.3. The maximum absolute atomic E-state index is 13.7. The summed E-state index contributed by atoms with van der Waals surface area (Å²) >= 11 is 7.75. The van der Waals surface area contributed by atoms with Crippen LogP contribution in [0, 0.1) is 0 Å². The van der Waals surface area contributed by atoms with E-state index >= 15 is 0 Å². The summed E-state index contributed by atoms with van der Waals surface area (Å²) in [4.78, 5) is 52.6. The molecule has 9 nitrogen and oxygen atoms in total. The van der Waals surface area contributed by atoms with Crippen LogP contribution < -0.4 is 15.6 Å². The predicted molar refractivity (Wildman–Crippen MR) is 162 cm³/mol. The first-order chi connectivity index (χ1) is 19.4. The molecule has 212 valence electrons. The molecule has 11 heteroatoms. The van der Waals surface area contributed by atoms with Crippen molar-refractivity contribution in [3.8, 4) is 0 Å². The highest BCUT2D eigenvalue weighted by Gasteiger charge is 2.25. The molecule has 40 heavy (non-hydrogen) atoms. The van der Waals surface area contributed by atoms with E-state index in [1.165, 1.54) is 43.2 Å². The van der Waals surface area contributed by atoms with Gasteiger partial charge in [-0.25, -0.2) is 4.98 Å². The van der Waals surface area contributed by atoms with Crippen molar-refractivity contribution in [1.29, 1.82) is 0 Å². The first kappa shape index (κ1) is 28.3. The van der Waals surface area contributed by atoms with Crippen molar-refractivity contribution in [2.24, 2.45) is 0 Å². The van der Waals surface area contributed by atoms with Crippen molar-refractivity contribution in [2.45, 2.75) is 58.8 Å². The maximum Gasteiger partial charge on any atom is 0.258 e. The van der Waals surface area contributed by atoms with Gasteiger partial charge >= 0.3 is 0 Å². The molecule has 1 N–H and O–H groups in total. The summed E-state index contributed by atoms with van der Waals surface area (Å²) in [6.45, 7) is 6.66. The largest absolute Gasteiger partial charge is 0.352 e. The molecule has 1 aliphatic heterocycles. The van der Waals surface area contributed by atoms with Gasteiger partial charge in [-0.2, -0.15) is 4.98 Å². The smallest absolute Gasteiger partial charge is 0.258 e. The van der Waals surface area contributed by atoms with E-state index in [9.17, 15) is 14.4 Å². The molecule has 2 amide bonds. The van der Waals surface area contributed by atoms with Crippen LogP contribution in [-0.4, -0.2) is 63.8 Å². The Kier molecular flexibility index (Phi) is 8.85. The zero-order valence-corrected chi connectivity index (χ0v) is 24.6. The molecule has 1 fully saturated rings. The normalized spacial score (nSPS) is 14.0. The van der Waals surface area contributed by atoms with Gasteiger partial charge in [-0.05, 0) is 24.6 Å². The molecule has 0 aliphatic carbocycles. The lowest BCUT2D eigenvalue weighted by molar-refractivity contribution is -0.129. The maximum atomic E-state index is 13.7. The van der Waals surface area contributed by atoms with Gasteiger partial charge in [0.05, 0.1) is 15.6 Å². The quantitative estimate of drug-likeness (QED) is 0.256. The highest BCUT2D eigenvalue weighted by atomic mass is 35.5. The molecular formula is C29H35ClN6O3S. The minimum Gasteiger partial charge on any atom is -0.352 e. The van der Waals surface area contributed by atoms with Crippen molar-refractivity contribution < 1.29 is 9.59 Å². The first-order valence-corrected chi connectivity index (χ1v) is 15.3. The van der Waals surface area contributed by atoms with Gasteiger partial charge in [-0.3, -0.25) is 18.8 Å². The Balaban J connectivity index is 1.48. The summed E-state index contributed by atoms with van der Waals surface area (Å²) in [7, 11) is 0. The van der Waals surface area contributed by atoms with Crippen LogP contribution >= 0.6 is 22.9 Å². The van der Waals surface area contributed by atoms with E-state index < -0.39 is 0 Å². The number of anilines is 1. The minimum atomic E-state index is -0.377. The average Bonchev–Trinajstić information content (AvgIpc) is 3.32. The minimum absolute atomic E-state index is 0.0479. The van der Waals surface area contributed by atoms with Gasteiger partial charge in [0, 0.05) is 50.9 Å². The van der Waals surface area contributed by atoms with E-state index in [0.29, 0.717) is 54.2 Å². The van der Waals surface area contributed by atoms with Crippen molar-refractivity contribution in [2.75, 3.05) is 37.6 Å². The van der Waals surface area contributed by atoms with Crippen LogP contribution in [0.5, 0.6) is 0 Å². The molecule has 0 atom stereocenters. The molecule has 1 saturated heterocycles. The number of nitrogens with one attached hydrogen (secondary N) is 1. The number of unbranched alkanes of at least 4 members (excludes halogenated alkanes) is 6. The third kappa shape index (κ3) is 5.78. The van der Waals surface area contributed by atoms with Crippen LogP contribution in [0.3, 0.4) is 0 Å². The molecule has 1 aromatic carbocycles. The van der Waals surface area contributed by atoms with Gasteiger partial charge < -0.3 is 15.1 Å². The van der Waals surface area contributed by atoms with Gasteiger partial charge in [0.25, 0.3) is 5.91 Å². The number of benzene rings is 1. The molecule has 4 aromatic rings. The van der Waals surface area contributed by atoms with Gasteiger partial charge in [0.15, 0.2) is 5.65 Å². The number of thiazole rings is 1. The summed E-state index contributed by atoms with van der Waals surface area (Å²) in [6, 6.07) is 5.53. The molecule has 0 spiro atoms. The van der Waals surface area contributed by atoms with Crippen molar-refractivity contribution in [3.05, 3.63) is 45.2 Å². The highest BCUT2D eigenvalue weighted by molar-refractivity contribution is 7.24. The van der Waals surface area contributed by atoms with Crippen LogP contribution in [0.25, 0.3) is 26.1 Å². The number of fused-ring (bicyclic) bond motifs is 5. The van der Waals surface area contributed by atoms with Crippen molar-refractivity contribution >= 4 is 66.8 Å². The van der Waals surface area contributed by atoms with Crippen LogP contribution in [0.2, 0.25) is 5.02 Å². The zero-order valence-electron chi connectivity index (χ0n) is 23.0. The Morgan fingerprint density at radius 3 is 2.50 bits per heavy atom. The highest BCUT2D eigenvalue weighted by Crippen LogP contribution is 2.32. The van der Waals surface area contributed by atoms with Crippen LogP contribution in [0.15, 0.2) is 29.2 Å². The predicted octanol–water partition coefficient (Wildman–Crippen LogP) is 5.26. The fourth-order valence-electron chi connectivity index (χ4n) is 5.26.